The minimum Gasteiger partial charge on any atom is -0.354 e. The Kier molecular flexibility index (Phi) is 11.7. The highest BCUT2D eigenvalue weighted by Gasteiger charge is 2.34. The lowest BCUT2D eigenvalue weighted by Gasteiger charge is -2.33. The van der Waals surface area contributed by atoms with Crippen molar-refractivity contribution >= 4 is 62.3 Å². The fourth-order valence-electron chi connectivity index (χ4n) is 4.28. The average Bonchev–Trinajstić information content (AvgIpc) is 2.93. The Morgan fingerprint density at radius 3 is 2.14 bits per heavy atom. The number of halogens is 3. The van der Waals surface area contributed by atoms with E-state index in [-0.39, 0.29) is 29.0 Å². The van der Waals surface area contributed by atoms with E-state index in [2.05, 4.69) is 5.32 Å². The third kappa shape index (κ3) is 8.40. The zero-order valence-electron chi connectivity index (χ0n) is 24.3. The van der Waals surface area contributed by atoms with Gasteiger partial charge in [0, 0.05) is 28.2 Å². The molecule has 11 heteroatoms. The molecule has 0 aliphatic rings. The molecule has 0 heterocycles. The summed E-state index contributed by atoms with van der Waals surface area (Å²) in [6, 6.07) is 15.2. The Morgan fingerprint density at radius 2 is 1.57 bits per heavy atom. The number of carbonyl (C=O) groups excluding carboxylic acids is 2. The fraction of sp³-hybridized carbons (Fsp3) is 0.355. The predicted molar refractivity (Wildman–Crippen MR) is 171 cm³/mol. The maximum atomic E-state index is 14.2. The largest absolute Gasteiger partial charge is 0.354 e. The highest BCUT2D eigenvalue weighted by atomic mass is 35.5. The lowest BCUT2D eigenvalue weighted by molar-refractivity contribution is -0.140. The van der Waals surface area contributed by atoms with Crippen LogP contribution in [0.15, 0.2) is 65.6 Å². The Bertz CT molecular complexity index is 1530. The van der Waals surface area contributed by atoms with Gasteiger partial charge in [0.25, 0.3) is 10.0 Å². The molecule has 42 heavy (non-hydrogen) atoms. The molecule has 0 saturated carbocycles. The van der Waals surface area contributed by atoms with Crippen LogP contribution in [0.25, 0.3) is 0 Å². The summed E-state index contributed by atoms with van der Waals surface area (Å²) in [6.45, 7) is 9.21. The van der Waals surface area contributed by atoms with E-state index in [0.29, 0.717) is 33.6 Å². The maximum Gasteiger partial charge on any atom is 0.264 e. The summed E-state index contributed by atoms with van der Waals surface area (Å²) in [5.74, 6) is -0.723. The van der Waals surface area contributed by atoms with Crippen molar-refractivity contribution in [3.63, 3.8) is 0 Å². The molecule has 0 radical (unpaired) electrons. The van der Waals surface area contributed by atoms with Gasteiger partial charge >= 0.3 is 0 Å². The number of carbonyl (C=O) groups is 2. The molecule has 0 spiro atoms. The molecule has 7 nitrogen and oxygen atoms in total. The maximum absolute atomic E-state index is 14.2. The third-order valence-electron chi connectivity index (χ3n) is 6.76. The molecule has 0 fully saturated rings. The van der Waals surface area contributed by atoms with Gasteiger partial charge in [-0.05, 0) is 73.7 Å². The van der Waals surface area contributed by atoms with Gasteiger partial charge in [0.2, 0.25) is 11.8 Å². The van der Waals surface area contributed by atoms with Crippen LogP contribution < -0.4 is 9.62 Å². The average molecular weight is 653 g/mol. The van der Waals surface area contributed by atoms with Gasteiger partial charge in [0.1, 0.15) is 12.6 Å². The monoisotopic (exact) mass is 651 g/mol. The SMILES string of the molecule is CC[C@H](C(=O)NCC(C)C)N(Cc1ccc(Cl)cc1Cl)C(=O)CN(c1ccc(C)c(Cl)c1)S(=O)(=O)c1ccc(C)cc1. The van der Waals surface area contributed by atoms with Gasteiger partial charge in [-0.3, -0.25) is 13.9 Å². The number of hydrogen-bond acceptors (Lipinski definition) is 4. The van der Waals surface area contributed by atoms with E-state index in [0.717, 1.165) is 15.4 Å². The zero-order valence-corrected chi connectivity index (χ0v) is 27.4. The van der Waals surface area contributed by atoms with Gasteiger partial charge in [0.05, 0.1) is 10.6 Å². The van der Waals surface area contributed by atoms with E-state index in [1.54, 1.807) is 56.3 Å². The summed E-state index contributed by atoms with van der Waals surface area (Å²) in [4.78, 5) is 28.9. The van der Waals surface area contributed by atoms with Crippen LogP contribution in [0.3, 0.4) is 0 Å². The van der Waals surface area contributed by atoms with Crippen molar-refractivity contribution in [3.8, 4) is 0 Å². The van der Waals surface area contributed by atoms with E-state index in [1.807, 2.05) is 20.8 Å². The first kappa shape index (κ1) is 33.7. The van der Waals surface area contributed by atoms with Crippen LogP contribution in [0.2, 0.25) is 15.1 Å². The van der Waals surface area contributed by atoms with Gasteiger partial charge in [-0.2, -0.15) is 0 Å². The van der Waals surface area contributed by atoms with Crippen LogP contribution in [0.1, 0.15) is 43.9 Å². The third-order valence-corrected chi connectivity index (χ3v) is 9.54. The standard InChI is InChI=1S/C31H36Cl3N3O4S/c1-6-29(31(39)35-17-20(2)3)36(18-23-10-11-24(32)15-28(23)34)30(38)19-37(25-12-9-22(5)27(33)16-25)42(40,41)26-13-7-21(4)8-14-26/h7-16,20,29H,6,17-19H2,1-5H3,(H,35,39)/t29-/m1/s1. The van der Waals surface area contributed by atoms with Gasteiger partial charge in [0.15, 0.2) is 0 Å². The van der Waals surface area contributed by atoms with Crippen LogP contribution >= 0.6 is 34.8 Å². The van der Waals surface area contributed by atoms with Gasteiger partial charge < -0.3 is 10.2 Å². The highest BCUT2D eigenvalue weighted by molar-refractivity contribution is 7.92. The zero-order chi connectivity index (χ0) is 31.2. The molecule has 226 valence electrons. The molecule has 3 rings (SSSR count). The van der Waals surface area contributed by atoms with Crippen LogP contribution in [0.5, 0.6) is 0 Å². The Hall–Kier alpha value is -2.78. The molecule has 2 amide bonds. The Balaban J connectivity index is 2.09. The second-order valence-corrected chi connectivity index (χ2v) is 13.7. The molecular weight excluding hydrogens is 617 g/mol. The number of anilines is 1. The molecular formula is C31H36Cl3N3O4S. The van der Waals surface area contributed by atoms with E-state index < -0.39 is 28.5 Å². The van der Waals surface area contributed by atoms with Gasteiger partial charge in [-0.25, -0.2) is 8.42 Å². The Labute approximate surface area is 263 Å². The predicted octanol–water partition coefficient (Wildman–Crippen LogP) is 7.04. The smallest absolute Gasteiger partial charge is 0.264 e. The second-order valence-electron chi connectivity index (χ2n) is 10.6. The first-order valence-corrected chi connectivity index (χ1v) is 16.2. The number of rotatable bonds is 12. The quantitative estimate of drug-likeness (QED) is 0.227. The first-order valence-electron chi connectivity index (χ1n) is 13.6. The van der Waals surface area contributed by atoms with E-state index in [4.69, 9.17) is 34.8 Å². The number of benzene rings is 3. The normalized spacial score (nSPS) is 12.2. The molecule has 0 aliphatic heterocycles. The van der Waals surface area contributed by atoms with Crippen LogP contribution in [-0.4, -0.2) is 44.3 Å². The summed E-state index contributed by atoms with van der Waals surface area (Å²) < 4.78 is 29.0. The molecule has 3 aromatic rings. The number of aryl methyl sites for hydroxylation is 2. The molecule has 1 N–H and O–H groups in total. The summed E-state index contributed by atoms with van der Waals surface area (Å²) >= 11 is 18.9. The second kappa shape index (κ2) is 14.6. The van der Waals surface area contributed by atoms with Crippen molar-refractivity contribution in [1.29, 1.82) is 0 Å². The van der Waals surface area contributed by atoms with Crippen molar-refractivity contribution in [2.24, 2.45) is 5.92 Å². The van der Waals surface area contributed by atoms with Crippen LogP contribution in [0.4, 0.5) is 5.69 Å². The molecule has 0 bridgehead atoms. The highest BCUT2D eigenvalue weighted by Crippen LogP contribution is 2.29. The fourth-order valence-corrected chi connectivity index (χ4v) is 6.33. The number of amides is 2. The minimum atomic E-state index is -4.21. The topological polar surface area (TPSA) is 86.8 Å². The lowest BCUT2D eigenvalue weighted by Crippen LogP contribution is -2.52. The van der Waals surface area contributed by atoms with Gasteiger partial charge in [-0.15, -0.1) is 0 Å². The molecule has 0 unspecified atom stereocenters. The van der Waals surface area contributed by atoms with Crippen molar-refractivity contribution in [3.05, 3.63) is 92.4 Å². The van der Waals surface area contributed by atoms with Crippen molar-refractivity contribution in [1.82, 2.24) is 10.2 Å². The lowest BCUT2D eigenvalue weighted by atomic mass is 10.1. The summed E-state index contributed by atoms with van der Waals surface area (Å²) in [6.07, 6.45) is 0.294. The van der Waals surface area contributed by atoms with E-state index in [9.17, 15) is 18.0 Å². The summed E-state index contributed by atoms with van der Waals surface area (Å²) in [5, 5.41) is 4.01. The molecule has 3 aromatic carbocycles. The van der Waals surface area contributed by atoms with Gasteiger partial charge in [-0.1, -0.05) is 85.4 Å². The van der Waals surface area contributed by atoms with Crippen molar-refractivity contribution in [2.75, 3.05) is 17.4 Å². The number of hydrogen-bond donors (Lipinski definition) is 1. The number of nitrogens with zero attached hydrogens (tertiary/aromatic N) is 2. The summed E-state index contributed by atoms with van der Waals surface area (Å²) in [7, 11) is -4.21. The molecule has 0 aromatic heterocycles. The number of sulfonamides is 1. The first-order chi connectivity index (χ1) is 19.7. The minimum absolute atomic E-state index is 0.0200. The Morgan fingerprint density at radius 1 is 0.905 bits per heavy atom. The van der Waals surface area contributed by atoms with Crippen molar-refractivity contribution in [2.45, 2.75) is 58.5 Å². The van der Waals surface area contributed by atoms with Crippen molar-refractivity contribution < 1.29 is 18.0 Å². The molecule has 0 saturated heterocycles. The molecule has 0 aliphatic carbocycles. The van der Waals surface area contributed by atoms with Crippen LogP contribution in [-0.2, 0) is 26.2 Å². The summed E-state index contributed by atoms with van der Waals surface area (Å²) in [5.41, 5.74) is 2.43. The van der Waals surface area contributed by atoms with E-state index in [1.165, 1.54) is 23.1 Å². The number of nitrogens with one attached hydrogen (secondary N) is 1. The van der Waals surface area contributed by atoms with Crippen LogP contribution in [0, 0.1) is 19.8 Å². The van der Waals surface area contributed by atoms with E-state index >= 15 is 0 Å². The molecule has 1 atom stereocenters.